The summed E-state index contributed by atoms with van der Waals surface area (Å²) >= 11 is 0. The molecule has 0 aliphatic rings. The van der Waals surface area contributed by atoms with Gasteiger partial charge in [0, 0.05) is 11.1 Å². The lowest BCUT2D eigenvalue weighted by Crippen LogP contribution is -2.14. The molecule has 0 saturated carbocycles. The lowest BCUT2D eigenvalue weighted by atomic mass is 10.1. The Bertz CT molecular complexity index is 406. The molecule has 1 atom stereocenters. The fourth-order valence-electron chi connectivity index (χ4n) is 1.33. The van der Waals surface area contributed by atoms with Gasteiger partial charge < -0.3 is 14.6 Å². The normalized spacial score (nSPS) is 12.4. The number of alkyl halides is 2. The van der Waals surface area contributed by atoms with Crippen LogP contribution in [-0.4, -0.2) is 25.3 Å². The number of carbonyl (C=O) groups is 1. The Balaban J connectivity index is 3.12. The van der Waals surface area contributed by atoms with Crippen LogP contribution in [0.2, 0.25) is 0 Å². The van der Waals surface area contributed by atoms with Crippen molar-refractivity contribution in [2.45, 2.75) is 12.5 Å². The van der Waals surface area contributed by atoms with Gasteiger partial charge in [-0.3, -0.25) is 0 Å². The first-order chi connectivity index (χ1) is 8.01. The van der Waals surface area contributed by atoms with E-state index in [-0.39, 0.29) is 16.9 Å². The van der Waals surface area contributed by atoms with Crippen LogP contribution in [0.5, 0.6) is 5.75 Å². The SMILES string of the molecule is COC(=O)C(O)c1ccc(C(F)F)cc1OC. The van der Waals surface area contributed by atoms with E-state index >= 15 is 0 Å². The van der Waals surface area contributed by atoms with Crippen molar-refractivity contribution >= 4 is 5.97 Å². The highest BCUT2D eigenvalue weighted by Gasteiger charge is 2.23. The van der Waals surface area contributed by atoms with Crippen molar-refractivity contribution in [3.8, 4) is 5.75 Å². The first kappa shape index (κ1) is 13.4. The molecule has 6 heteroatoms. The maximum absolute atomic E-state index is 12.4. The van der Waals surface area contributed by atoms with E-state index in [0.29, 0.717) is 0 Å². The second kappa shape index (κ2) is 5.58. The Hall–Kier alpha value is -1.69. The van der Waals surface area contributed by atoms with Gasteiger partial charge in [0.1, 0.15) is 5.75 Å². The van der Waals surface area contributed by atoms with Crippen molar-refractivity contribution < 1.29 is 28.2 Å². The van der Waals surface area contributed by atoms with Crippen molar-refractivity contribution in [1.82, 2.24) is 0 Å². The van der Waals surface area contributed by atoms with Crippen LogP contribution < -0.4 is 4.74 Å². The van der Waals surface area contributed by atoms with Crippen LogP contribution in [0.15, 0.2) is 18.2 Å². The molecule has 1 aromatic rings. The first-order valence-electron chi connectivity index (χ1n) is 4.73. The van der Waals surface area contributed by atoms with E-state index in [1.165, 1.54) is 13.2 Å². The number of rotatable bonds is 4. The number of benzene rings is 1. The van der Waals surface area contributed by atoms with E-state index in [0.717, 1.165) is 19.2 Å². The highest BCUT2D eigenvalue weighted by atomic mass is 19.3. The van der Waals surface area contributed by atoms with Gasteiger partial charge in [0.05, 0.1) is 14.2 Å². The molecule has 0 saturated heterocycles. The van der Waals surface area contributed by atoms with Crippen LogP contribution in [0.25, 0.3) is 0 Å². The third-order valence-corrected chi connectivity index (χ3v) is 2.23. The lowest BCUT2D eigenvalue weighted by molar-refractivity contribution is -0.150. The third-order valence-electron chi connectivity index (χ3n) is 2.23. The minimum absolute atomic E-state index is 0.0145. The Morgan fingerprint density at radius 2 is 2.00 bits per heavy atom. The van der Waals surface area contributed by atoms with Gasteiger partial charge in [-0.1, -0.05) is 12.1 Å². The van der Waals surface area contributed by atoms with Gasteiger partial charge in [0.2, 0.25) is 0 Å². The quantitative estimate of drug-likeness (QED) is 0.823. The van der Waals surface area contributed by atoms with Crippen LogP contribution >= 0.6 is 0 Å². The molecule has 0 aromatic heterocycles. The van der Waals surface area contributed by atoms with Gasteiger partial charge in [-0.2, -0.15) is 0 Å². The highest BCUT2D eigenvalue weighted by Crippen LogP contribution is 2.30. The Kier molecular flexibility index (Phi) is 4.39. The Labute approximate surface area is 96.8 Å². The van der Waals surface area contributed by atoms with Crippen molar-refractivity contribution in [3.05, 3.63) is 29.3 Å². The number of methoxy groups -OCH3 is 2. The number of ether oxygens (including phenoxy) is 2. The van der Waals surface area contributed by atoms with Crippen molar-refractivity contribution in [1.29, 1.82) is 0 Å². The smallest absolute Gasteiger partial charge is 0.339 e. The molecule has 1 rings (SSSR count). The second-order valence-corrected chi connectivity index (χ2v) is 3.23. The van der Waals surface area contributed by atoms with Gasteiger partial charge in [-0.15, -0.1) is 0 Å². The second-order valence-electron chi connectivity index (χ2n) is 3.23. The summed E-state index contributed by atoms with van der Waals surface area (Å²) < 4.78 is 34.1. The van der Waals surface area contributed by atoms with E-state index < -0.39 is 18.5 Å². The fourth-order valence-corrected chi connectivity index (χ4v) is 1.33. The van der Waals surface area contributed by atoms with E-state index in [1.807, 2.05) is 0 Å². The summed E-state index contributed by atoms with van der Waals surface area (Å²) in [6.45, 7) is 0. The van der Waals surface area contributed by atoms with Gasteiger partial charge >= 0.3 is 5.97 Å². The van der Waals surface area contributed by atoms with Crippen LogP contribution in [0.3, 0.4) is 0 Å². The maximum Gasteiger partial charge on any atom is 0.339 e. The molecule has 0 bridgehead atoms. The largest absolute Gasteiger partial charge is 0.496 e. The molecule has 0 amide bonds. The predicted octanol–water partition coefficient (Wildman–Crippen LogP) is 1.84. The summed E-state index contributed by atoms with van der Waals surface area (Å²) in [5.41, 5.74) is -0.161. The van der Waals surface area contributed by atoms with Crippen molar-refractivity contribution in [2.24, 2.45) is 0 Å². The minimum Gasteiger partial charge on any atom is -0.496 e. The number of esters is 1. The maximum atomic E-state index is 12.4. The van der Waals surface area contributed by atoms with Gasteiger partial charge in [0.15, 0.2) is 6.10 Å². The molecule has 0 heterocycles. The van der Waals surface area contributed by atoms with Gasteiger partial charge in [0.25, 0.3) is 6.43 Å². The van der Waals surface area contributed by atoms with Crippen molar-refractivity contribution in [2.75, 3.05) is 14.2 Å². The summed E-state index contributed by atoms with van der Waals surface area (Å²) in [6, 6.07) is 3.41. The average molecular weight is 246 g/mol. The molecule has 4 nitrogen and oxygen atoms in total. The molecule has 1 aromatic carbocycles. The summed E-state index contributed by atoms with van der Waals surface area (Å²) in [5.74, 6) is -0.867. The molecule has 0 radical (unpaired) electrons. The zero-order valence-electron chi connectivity index (χ0n) is 9.31. The number of hydrogen-bond donors (Lipinski definition) is 1. The Morgan fingerprint density at radius 3 is 2.47 bits per heavy atom. The number of carbonyl (C=O) groups excluding carboxylic acids is 1. The number of aliphatic hydroxyl groups is 1. The van der Waals surface area contributed by atoms with E-state index in [4.69, 9.17) is 4.74 Å². The molecule has 1 unspecified atom stereocenters. The average Bonchev–Trinajstić information content (AvgIpc) is 2.35. The molecule has 94 valence electrons. The molecular weight excluding hydrogens is 234 g/mol. The number of hydrogen-bond acceptors (Lipinski definition) is 4. The van der Waals surface area contributed by atoms with E-state index in [1.54, 1.807) is 0 Å². The third kappa shape index (κ3) is 2.91. The molecule has 0 fully saturated rings. The summed E-state index contributed by atoms with van der Waals surface area (Å²) in [4.78, 5) is 11.1. The fraction of sp³-hybridized carbons (Fsp3) is 0.364. The van der Waals surface area contributed by atoms with Gasteiger partial charge in [-0.25, -0.2) is 13.6 Å². The van der Waals surface area contributed by atoms with Crippen molar-refractivity contribution in [3.63, 3.8) is 0 Å². The predicted molar refractivity (Wildman–Crippen MR) is 54.9 cm³/mol. The van der Waals surface area contributed by atoms with Gasteiger partial charge in [-0.05, 0) is 6.07 Å². The number of aliphatic hydroxyl groups excluding tert-OH is 1. The Morgan fingerprint density at radius 1 is 1.35 bits per heavy atom. The minimum atomic E-state index is -2.65. The standard InChI is InChI=1S/C11H12F2O4/c1-16-8-5-6(10(12)13)3-4-7(8)9(14)11(15)17-2/h3-5,9-10,14H,1-2H3. The first-order valence-corrected chi connectivity index (χ1v) is 4.73. The van der Waals surface area contributed by atoms with Crippen LogP contribution in [0, 0.1) is 0 Å². The monoisotopic (exact) mass is 246 g/mol. The topological polar surface area (TPSA) is 55.8 Å². The van der Waals surface area contributed by atoms with Crippen LogP contribution in [0.1, 0.15) is 23.7 Å². The van der Waals surface area contributed by atoms with Crippen LogP contribution in [0.4, 0.5) is 8.78 Å². The van der Waals surface area contributed by atoms with E-state index in [2.05, 4.69) is 4.74 Å². The zero-order valence-corrected chi connectivity index (χ0v) is 9.31. The molecule has 0 spiro atoms. The lowest BCUT2D eigenvalue weighted by Gasteiger charge is -2.14. The van der Waals surface area contributed by atoms with Crippen LogP contribution in [-0.2, 0) is 9.53 Å². The highest BCUT2D eigenvalue weighted by molar-refractivity contribution is 5.77. The summed E-state index contributed by atoms with van der Waals surface area (Å²) in [5, 5.41) is 9.59. The molecule has 0 aliphatic carbocycles. The zero-order chi connectivity index (χ0) is 13.0. The molecule has 1 N–H and O–H groups in total. The number of halogens is 2. The summed E-state index contributed by atoms with van der Waals surface area (Å²) in [7, 11) is 2.38. The summed E-state index contributed by atoms with van der Waals surface area (Å²) in [6.07, 6.45) is -4.20. The molecule has 17 heavy (non-hydrogen) atoms. The molecular formula is C11H12F2O4. The van der Waals surface area contributed by atoms with E-state index in [9.17, 15) is 18.7 Å². The molecule has 0 aliphatic heterocycles.